The summed E-state index contributed by atoms with van der Waals surface area (Å²) in [5.74, 6) is 0.408. The van der Waals surface area contributed by atoms with Gasteiger partial charge in [-0.3, -0.25) is 9.69 Å². The number of benzene rings is 1. The molecule has 5 nitrogen and oxygen atoms in total. The van der Waals surface area contributed by atoms with Crippen molar-refractivity contribution in [1.82, 2.24) is 14.5 Å². The van der Waals surface area contributed by atoms with E-state index >= 15 is 0 Å². The van der Waals surface area contributed by atoms with Gasteiger partial charge >= 0.3 is 5.97 Å². The summed E-state index contributed by atoms with van der Waals surface area (Å²) in [6.07, 6.45) is 4.96. The molecule has 0 saturated heterocycles. The average molecular weight is 348 g/mol. The van der Waals surface area contributed by atoms with E-state index in [1.165, 1.54) is 5.69 Å². The lowest BCUT2D eigenvalue weighted by Crippen LogP contribution is -2.26. The molecule has 0 unspecified atom stereocenters. The Morgan fingerprint density at radius 2 is 2.17 bits per heavy atom. The van der Waals surface area contributed by atoms with Crippen LogP contribution >= 0.6 is 11.6 Å². The van der Waals surface area contributed by atoms with E-state index in [0.717, 1.165) is 48.9 Å². The molecule has 0 fully saturated rings. The van der Waals surface area contributed by atoms with Crippen LogP contribution in [0.1, 0.15) is 36.3 Å². The van der Waals surface area contributed by atoms with Gasteiger partial charge in [-0.15, -0.1) is 0 Å². The summed E-state index contributed by atoms with van der Waals surface area (Å²) >= 11 is 6.29. The van der Waals surface area contributed by atoms with Crippen LogP contribution in [0.2, 0.25) is 5.02 Å². The molecule has 0 aliphatic carbocycles. The second-order valence-corrected chi connectivity index (χ2v) is 6.63. The van der Waals surface area contributed by atoms with Crippen LogP contribution in [-0.4, -0.2) is 32.1 Å². The van der Waals surface area contributed by atoms with Crippen molar-refractivity contribution in [3.8, 4) is 0 Å². The Morgan fingerprint density at radius 3 is 2.96 bits per heavy atom. The highest BCUT2D eigenvalue weighted by molar-refractivity contribution is 6.31. The number of fused-ring (bicyclic) bond motifs is 1. The summed E-state index contributed by atoms with van der Waals surface area (Å²) < 4.78 is 2.29. The number of carbonyl (C=O) groups is 1. The van der Waals surface area contributed by atoms with E-state index < -0.39 is 5.97 Å². The van der Waals surface area contributed by atoms with E-state index in [9.17, 15) is 4.79 Å². The minimum Gasteiger partial charge on any atom is -0.481 e. The maximum atomic E-state index is 10.8. The zero-order valence-electron chi connectivity index (χ0n) is 13.6. The molecule has 0 radical (unpaired) electrons. The first-order valence-electron chi connectivity index (χ1n) is 8.34. The summed E-state index contributed by atoms with van der Waals surface area (Å²) in [5.41, 5.74) is 2.26. The third-order valence-corrected chi connectivity index (χ3v) is 4.77. The van der Waals surface area contributed by atoms with Crippen molar-refractivity contribution >= 4 is 17.6 Å². The number of rotatable bonds is 8. The van der Waals surface area contributed by atoms with Crippen molar-refractivity contribution in [2.45, 2.75) is 45.3 Å². The molecule has 0 spiro atoms. The van der Waals surface area contributed by atoms with Crippen molar-refractivity contribution in [2.24, 2.45) is 0 Å². The lowest BCUT2D eigenvalue weighted by Gasteiger charge is -2.23. The van der Waals surface area contributed by atoms with Crippen molar-refractivity contribution in [1.29, 1.82) is 0 Å². The highest BCUT2D eigenvalue weighted by Gasteiger charge is 2.18. The Balaban J connectivity index is 1.71. The molecule has 0 saturated carbocycles. The molecule has 1 aliphatic rings. The Bertz CT molecular complexity index is 714. The molecule has 128 valence electrons. The second kappa shape index (κ2) is 7.81. The van der Waals surface area contributed by atoms with E-state index in [1.807, 2.05) is 30.5 Å². The molecule has 1 aromatic carbocycles. The summed E-state index contributed by atoms with van der Waals surface area (Å²) in [7, 11) is 0. The number of carboxylic acids is 1. The molecule has 1 aliphatic heterocycles. The molecule has 24 heavy (non-hydrogen) atoms. The van der Waals surface area contributed by atoms with Gasteiger partial charge in [0.1, 0.15) is 5.82 Å². The van der Waals surface area contributed by atoms with Crippen LogP contribution in [-0.2, 0) is 30.8 Å². The molecule has 1 N–H and O–H groups in total. The zero-order chi connectivity index (χ0) is 16.9. The SMILES string of the molecule is O=C(O)CCCN(Cc1ccccc1Cl)Cc1cnc2n1CCC2. The number of halogens is 1. The first-order valence-corrected chi connectivity index (χ1v) is 8.72. The summed E-state index contributed by atoms with van der Waals surface area (Å²) in [6, 6.07) is 7.81. The van der Waals surface area contributed by atoms with Crippen LogP contribution in [0.4, 0.5) is 0 Å². The Hall–Kier alpha value is -1.85. The van der Waals surface area contributed by atoms with Crippen molar-refractivity contribution in [2.75, 3.05) is 6.54 Å². The molecule has 2 heterocycles. The molecule has 0 amide bonds. The fourth-order valence-electron chi connectivity index (χ4n) is 3.21. The van der Waals surface area contributed by atoms with Gasteiger partial charge < -0.3 is 9.67 Å². The molecular weight excluding hydrogens is 326 g/mol. The summed E-state index contributed by atoms with van der Waals surface area (Å²) in [6.45, 7) is 3.22. The standard InChI is InChI=1S/C18H22ClN3O2/c19-16-6-2-1-5-14(16)12-21(9-4-8-18(23)24)13-15-11-20-17-7-3-10-22(15)17/h1-2,5-6,11H,3-4,7-10,12-13H2,(H,23,24). The maximum absolute atomic E-state index is 10.8. The number of nitrogens with zero attached hydrogens (tertiary/aromatic N) is 3. The van der Waals surface area contributed by atoms with Gasteiger partial charge in [-0.2, -0.15) is 0 Å². The number of imidazole rings is 1. The fourth-order valence-corrected chi connectivity index (χ4v) is 3.41. The minimum absolute atomic E-state index is 0.184. The highest BCUT2D eigenvalue weighted by Crippen LogP contribution is 2.21. The Labute approximate surface area is 146 Å². The smallest absolute Gasteiger partial charge is 0.303 e. The first-order chi connectivity index (χ1) is 11.6. The van der Waals surface area contributed by atoms with Crippen LogP contribution in [0, 0.1) is 0 Å². The van der Waals surface area contributed by atoms with Gasteiger partial charge in [0.15, 0.2) is 0 Å². The third kappa shape index (κ3) is 4.16. The molecular formula is C18H22ClN3O2. The van der Waals surface area contributed by atoms with Crippen LogP contribution in [0.3, 0.4) is 0 Å². The van der Waals surface area contributed by atoms with Gasteiger partial charge in [0.25, 0.3) is 0 Å². The average Bonchev–Trinajstić information content (AvgIpc) is 3.14. The van der Waals surface area contributed by atoms with Gasteiger partial charge in [0.05, 0.1) is 5.69 Å². The van der Waals surface area contributed by atoms with Crippen molar-refractivity contribution in [3.63, 3.8) is 0 Å². The number of aryl methyl sites for hydroxylation is 1. The van der Waals surface area contributed by atoms with E-state index in [0.29, 0.717) is 13.0 Å². The lowest BCUT2D eigenvalue weighted by molar-refractivity contribution is -0.137. The summed E-state index contributed by atoms with van der Waals surface area (Å²) in [4.78, 5) is 17.6. The van der Waals surface area contributed by atoms with E-state index in [-0.39, 0.29) is 6.42 Å². The number of aliphatic carboxylic acids is 1. The molecule has 6 heteroatoms. The van der Waals surface area contributed by atoms with Gasteiger partial charge in [-0.25, -0.2) is 4.98 Å². The number of carboxylic acid groups (broad SMARTS) is 1. The minimum atomic E-state index is -0.752. The predicted octanol–water partition coefficient (Wildman–Crippen LogP) is 3.35. The first kappa shape index (κ1) is 17.0. The van der Waals surface area contributed by atoms with Crippen LogP contribution in [0.5, 0.6) is 0 Å². The van der Waals surface area contributed by atoms with E-state index in [2.05, 4.69) is 14.5 Å². The predicted molar refractivity (Wildman–Crippen MR) is 93.0 cm³/mol. The quantitative estimate of drug-likeness (QED) is 0.795. The second-order valence-electron chi connectivity index (χ2n) is 6.22. The van der Waals surface area contributed by atoms with Crippen LogP contribution in [0.25, 0.3) is 0 Å². The number of hydrogen-bond donors (Lipinski definition) is 1. The molecule has 2 aromatic rings. The van der Waals surface area contributed by atoms with Crippen LogP contribution in [0.15, 0.2) is 30.5 Å². The normalized spacial score (nSPS) is 13.4. The molecule has 1 aromatic heterocycles. The number of aromatic nitrogens is 2. The largest absolute Gasteiger partial charge is 0.481 e. The zero-order valence-corrected chi connectivity index (χ0v) is 14.4. The highest BCUT2D eigenvalue weighted by atomic mass is 35.5. The van der Waals surface area contributed by atoms with Crippen molar-refractivity contribution < 1.29 is 9.90 Å². The van der Waals surface area contributed by atoms with Gasteiger partial charge in [-0.05, 0) is 31.0 Å². The van der Waals surface area contributed by atoms with Gasteiger partial charge in [0, 0.05) is 43.7 Å². The topological polar surface area (TPSA) is 58.4 Å². The fraction of sp³-hybridized carbons (Fsp3) is 0.444. The lowest BCUT2D eigenvalue weighted by atomic mass is 10.2. The Kier molecular flexibility index (Phi) is 5.53. The van der Waals surface area contributed by atoms with E-state index in [4.69, 9.17) is 16.7 Å². The van der Waals surface area contributed by atoms with Crippen LogP contribution < -0.4 is 0 Å². The third-order valence-electron chi connectivity index (χ3n) is 4.41. The van der Waals surface area contributed by atoms with Gasteiger partial charge in [-0.1, -0.05) is 29.8 Å². The van der Waals surface area contributed by atoms with Crippen molar-refractivity contribution in [3.05, 3.63) is 52.6 Å². The summed E-state index contributed by atoms with van der Waals surface area (Å²) in [5, 5.41) is 9.64. The Morgan fingerprint density at radius 1 is 1.33 bits per heavy atom. The number of hydrogen-bond acceptors (Lipinski definition) is 3. The van der Waals surface area contributed by atoms with Gasteiger partial charge in [0.2, 0.25) is 0 Å². The molecule has 3 rings (SSSR count). The maximum Gasteiger partial charge on any atom is 0.303 e. The van der Waals surface area contributed by atoms with E-state index in [1.54, 1.807) is 0 Å². The molecule has 0 atom stereocenters. The monoisotopic (exact) mass is 347 g/mol. The molecule has 0 bridgehead atoms.